The summed E-state index contributed by atoms with van der Waals surface area (Å²) in [4.78, 5) is 14.1. The highest BCUT2D eigenvalue weighted by atomic mass is 16.1. The van der Waals surface area contributed by atoms with E-state index >= 15 is 0 Å². The largest absolute Gasteiger partial charge is 0.306 e. The van der Waals surface area contributed by atoms with E-state index in [0.717, 1.165) is 50.0 Å². The molecule has 2 heteroatoms. The predicted molar refractivity (Wildman–Crippen MR) is 73.4 cm³/mol. The quantitative estimate of drug-likeness (QED) is 0.746. The number of ketones is 1. The van der Waals surface area contributed by atoms with E-state index in [1.165, 1.54) is 32.2 Å². The summed E-state index contributed by atoms with van der Waals surface area (Å²) in [5.41, 5.74) is 0. The molecule has 102 valence electrons. The number of carbonyl (C=O) groups excluding carboxylic acids is 1. The zero-order chi connectivity index (χ0) is 12.5. The first-order valence-electron chi connectivity index (χ1n) is 7.93. The smallest absolute Gasteiger partial charge is 0.136 e. The van der Waals surface area contributed by atoms with Crippen LogP contribution in [-0.2, 0) is 4.79 Å². The van der Waals surface area contributed by atoms with E-state index in [-0.39, 0.29) is 0 Å². The summed E-state index contributed by atoms with van der Waals surface area (Å²) in [6.45, 7) is 2.41. The van der Waals surface area contributed by atoms with E-state index in [4.69, 9.17) is 0 Å². The molecule has 0 aromatic carbocycles. The van der Waals surface area contributed by atoms with Gasteiger partial charge in [0.1, 0.15) is 5.78 Å². The highest BCUT2D eigenvalue weighted by molar-refractivity contribution is 5.82. The molecule has 18 heavy (non-hydrogen) atoms. The van der Waals surface area contributed by atoms with Crippen molar-refractivity contribution in [2.45, 2.75) is 51.4 Å². The zero-order valence-electron chi connectivity index (χ0n) is 11.7. The summed E-state index contributed by atoms with van der Waals surface area (Å²) in [5, 5.41) is 0. The minimum Gasteiger partial charge on any atom is -0.306 e. The lowest BCUT2D eigenvalue weighted by molar-refractivity contribution is -0.120. The number of carbonyl (C=O) groups is 1. The summed E-state index contributed by atoms with van der Waals surface area (Å²) in [6.07, 6.45) is 10.2. The molecule has 0 spiro atoms. The predicted octanol–water partition coefficient (Wildman–Crippen LogP) is 3.11. The SMILES string of the molecule is CN(CCC1CCCC1=O)CC1CC2CCC1C2. The fourth-order valence-electron chi connectivity index (χ4n) is 4.66. The number of fused-ring (bicyclic) bond motifs is 2. The molecule has 3 aliphatic rings. The Bertz CT molecular complexity index is 314. The number of nitrogens with zero attached hydrogens (tertiary/aromatic N) is 1. The molecular formula is C16H27NO. The first-order valence-corrected chi connectivity index (χ1v) is 7.93. The molecule has 0 aromatic rings. The summed E-state index contributed by atoms with van der Waals surface area (Å²) < 4.78 is 0. The number of Topliss-reactive ketones (excluding diaryl/α,β-unsaturated/α-hetero) is 1. The fraction of sp³-hybridized carbons (Fsp3) is 0.938. The average molecular weight is 249 g/mol. The third kappa shape index (κ3) is 2.64. The molecule has 0 saturated heterocycles. The van der Waals surface area contributed by atoms with Crippen LogP contribution in [0.25, 0.3) is 0 Å². The Labute approximate surface area is 111 Å². The van der Waals surface area contributed by atoms with E-state index in [0.29, 0.717) is 11.7 Å². The van der Waals surface area contributed by atoms with Gasteiger partial charge in [-0.15, -0.1) is 0 Å². The van der Waals surface area contributed by atoms with Gasteiger partial charge < -0.3 is 4.90 Å². The average Bonchev–Trinajstić information content (AvgIpc) is 3.03. The minimum atomic E-state index is 0.396. The Kier molecular flexibility index (Phi) is 3.74. The van der Waals surface area contributed by atoms with Crippen LogP contribution in [0.4, 0.5) is 0 Å². The van der Waals surface area contributed by atoms with Gasteiger partial charge in [-0.1, -0.05) is 6.42 Å². The molecule has 2 nitrogen and oxygen atoms in total. The molecule has 0 aromatic heterocycles. The van der Waals surface area contributed by atoms with Gasteiger partial charge in [-0.2, -0.15) is 0 Å². The Balaban J connectivity index is 1.39. The van der Waals surface area contributed by atoms with Gasteiger partial charge in [0.25, 0.3) is 0 Å². The minimum absolute atomic E-state index is 0.396. The normalized spacial score (nSPS) is 39.1. The van der Waals surface area contributed by atoms with Crippen molar-refractivity contribution in [1.82, 2.24) is 4.90 Å². The Morgan fingerprint density at radius 1 is 1.22 bits per heavy atom. The van der Waals surface area contributed by atoms with Gasteiger partial charge in [-0.3, -0.25) is 4.79 Å². The van der Waals surface area contributed by atoms with E-state index in [9.17, 15) is 4.79 Å². The van der Waals surface area contributed by atoms with Crippen molar-refractivity contribution < 1.29 is 4.79 Å². The van der Waals surface area contributed by atoms with Crippen molar-refractivity contribution in [2.75, 3.05) is 20.1 Å². The van der Waals surface area contributed by atoms with Crippen LogP contribution in [0, 0.1) is 23.7 Å². The maximum absolute atomic E-state index is 11.6. The number of hydrogen-bond donors (Lipinski definition) is 0. The first-order chi connectivity index (χ1) is 8.72. The number of rotatable bonds is 5. The van der Waals surface area contributed by atoms with Gasteiger partial charge in [0.2, 0.25) is 0 Å². The van der Waals surface area contributed by atoms with Crippen molar-refractivity contribution in [3.63, 3.8) is 0 Å². The molecule has 2 bridgehead atoms. The Morgan fingerprint density at radius 3 is 2.72 bits per heavy atom. The monoisotopic (exact) mass is 249 g/mol. The third-order valence-electron chi connectivity index (χ3n) is 5.72. The Hall–Kier alpha value is -0.370. The first kappa shape index (κ1) is 12.7. The van der Waals surface area contributed by atoms with Gasteiger partial charge in [0.15, 0.2) is 0 Å². The lowest BCUT2D eigenvalue weighted by Crippen LogP contribution is -2.30. The van der Waals surface area contributed by atoms with Crippen molar-refractivity contribution in [1.29, 1.82) is 0 Å². The van der Waals surface area contributed by atoms with E-state index in [2.05, 4.69) is 11.9 Å². The lowest BCUT2D eigenvalue weighted by atomic mass is 9.88. The maximum atomic E-state index is 11.6. The van der Waals surface area contributed by atoms with Crippen molar-refractivity contribution in [3.05, 3.63) is 0 Å². The lowest BCUT2D eigenvalue weighted by Gasteiger charge is -2.27. The molecule has 4 unspecified atom stereocenters. The van der Waals surface area contributed by atoms with Crippen LogP contribution in [-0.4, -0.2) is 30.8 Å². The second-order valence-electron chi connectivity index (χ2n) is 7.04. The van der Waals surface area contributed by atoms with Gasteiger partial charge >= 0.3 is 0 Å². The third-order valence-corrected chi connectivity index (χ3v) is 5.72. The maximum Gasteiger partial charge on any atom is 0.136 e. The van der Waals surface area contributed by atoms with Gasteiger partial charge in [0.05, 0.1) is 0 Å². The van der Waals surface area contributed by atoms with E-state index in [1.54, 1.807) is 0 Å². The molecule has 4 atom stereocenters. The van der Waals surface area contributed by atoms with Crippen LogP contribution in [0.5, 0.6) is 0 Å². The van der Waals surface area contributed by atoms with Crippen LogP contribution < -0.4 is 0 Å². The van der Waals surface area contributed by atoms with Gasteiger partial charge in [-0.25, -0.2) is 0 Å². The molecule has 0 radical (unpaired) electrons. The van der Waals surface area contributed by atoms with E-state index in [1.807, 2.05) is 0 Å². The summed E-state index contributed by atoms with van der Waals surface area (Å²) in [6, 6.07) is 0. The molecule has 0 amide bonds. The van der Waals surface area contributed by atoms with Crippen molar-refractivity contribution >= 4 is 5.78 Å². The molecule has 3 rings (SSSR count). The van der Waals surface area contributed by atoms with Crippen LogP contribution in [0.3, 0.4) is 0 Å². The zero-order valence-corrected chi connectivity index (χ0v) is 11.7. The molecule has 0 heterocycles. The second-order valence-corrected chi connectivity index (χ2v) is 7.04. The van der Waals surface area contributed by atoms with E-state index < -0.39 is 0 Å². The van der Waals surface area contributed by atoms with Crippen molar-refractivity contribution in [2.24, 2.45) is 23.7 Å². The van der Waals surface area contributed by atoms with Crippen LogP contribution in [0.2, 0.25) is 0 Å². The molecule has 3 aliphatic carbocycles. The van der Waals surface area contributed by atoms with Crippen molar-refractivity contribution in [3.8, 4) is 0 Å². The topological polar surface area (TPSA) is 20.3 Å². The fourth-order valence-corrected chi connectivity index (χ4v) is 4.66. The second kappa shape index (κ2) is 5.32. The van der Waals surface area contributed by atoms with Crippen LogP contribution in [0.1, 0.15) is 51.4 Å². The molecule has 0 N–H and O–H groups in total. The summed E-state index contributed by atoms with van der Waals surface area (Å²) in [5.74, 6) is 3.99. The van der Waals surface area contributed by atoms with Crippen LogP contribution in [0.15, 0.2) is 0 Å². The Morgan fingerprint density at radius 2 is 2.11 bits per heavy atom. The summed E-state index contributed by atoms with van der Waals surface area (Å²) in [7, 11) is 2.26. The summed E-state index contributed by atoms with van der Waals surface area (Å²) >= 11 is 0. The number of hydrogen-bond acceptors (Lipinski definition) is 2. The van der Waals surface area contributed by atoms with Gasteiger partial charge in [-0.05, 0) is 69.9 Å². The molecule has 3 saturated carbocycles. The highest BCUT2D eigenvalue weighted by Crippen LogP contribution is 2.48. The standard InChI is InChI=1S/C16H27NO/c1-17(8-7-13-3-2-4-16(13)18)11-15-10-12-5-6-14(15)9-12/h12-15H,2-11H2,1H3. The molecule has 3 fully saturated rings. The highest BCUT2D eigenvalue weighted by Gasteiger charge is 2.39. The van der Waals surface area contributed by atoms with Gasteiger partial charge in [0, 0.05) is 18.9 Å². The van der Waals surface area contributed by atoms with Crippen LogP contribution >= 0.6 is 0 Å². The molecule has 0 aliphatic heterocycles. The molecular weight excluding hydrogens is 222 g/mol.